The number of imidazole rings is 1. The number of aryl methyl sites for hydroxylation is 2. The van der Waals surface area contributed by atoms with Crippen LogP contribution in [0.3, 0.4) is 0 Å². The van der Waals surface area contributed by atoms with E-state index in [2.05, 4.69) is 40.9 Å². The number of H-pyrrole nitrogens is 1. The predicted molar refractivity (Wildman–Crippen MR) is 93.1 cm³/mol. The molecule has 2 aromatic heterocycles. The quantitative estimate of drug-likeness (QED) is 0.607. The highest BCUT2D eigenvalue weighted by atomic mass is 16.5. The second kappa shape index (κ2) is 5.77. The summed E-state index contributed by atoms with van der Waals surface area (Å²) < 4.78 is 5.66. The van der Waals surface area contributed by atoms with Crippen LogP contribution in [0.1, 0.15) is 11.1 Å². The highest BCUT2D eigenvalue weighted by molar-refractivity contribution is 5.85. The first-order chi connectivity index (χ1) is 11.7. The fourth-order valence-corrected chi connectivity index (χ4v) is 2.63. The molecule has 0 amide bonds. The fraction of sp³-hybridized carbons (Fsp3) is 0.105. The molecule has 0 fully saturated rings. The number of benzene rings is 2. The van der Waals surface area contributed by atoms with Crippen molar-refractivity contribution in [2.45, 2.75) is 13.8 Å². The van der Waals surface area contributed by atoms with Crippen molar-refractivity contribution in [3.05, 3.63) is 66.1 Å². The van der Waals surface area contributed by atoms with Gasteiger partial charge in [0.25, 0.3) is 0 Å². The van der Waals surface area contributed by atoms with Crippen LogP contribution >= 0.6 is 0 Å². The Hall–Kier alpha value is -3.21. The van der Waals surface area contributed by atoms with Crippen LogP contribution in [0.25, 0.3) is 22.4 Å². The topological polar surface area (TPSA) is 63.7 Å². The number of rotatable bonds is 3. The lowest BCUT2D eigenvalue weighted by Gasteiger charge is -2.04. The lowest BCUT2D eigenvalue weighted by atomic mass is 10.1. The average molecular weight is 316 g/mol. The van der Waals surface area contributed by atoms with Crippen LogP contribution in [-0.4, -0.2) is 19.9 Å². The molecule has 0 atom stereocenters. The fourth-order valence-electron chi connectivity index (χ4n) is 2.63. The standard InChI is InChI=1S/C19H16N4O/c1-12-3-4-13(2)18-17(12)22-19(23-18)14-5-7-15(8-6-14)24-16-11-20-9-10-21-16/h3-11H,1-2H3,(H,22,23). The highest BCUT2D eigenvalue weighted by Crippen LogP contribution is 2.27. The van der Waals surface area contributed by atoms with Crippen LogP contribution in [0.5, 0.6) is 11.6 Å². The molecule has 5 heteroatoms. The first kappa shape index (κ1) is 14.4. The van der Waals surface area contributed by atoms with Crippen LogP contribution in [0, 0.1) is 13.8 Å². The molecule has 0 saturated heterocycles. The molecule has 4 rings (SSSR count). The van der Waals surface area contributed by atoms with Crippen LogP contribution in [0.2, 0.25) is 0 Å². The van der Waals surface area contributed by atoms with E-state index in [-0.39, 0.29) is 0 Å². The second-order valence-electron chi connectivity index (χ2n) is 5.68. The highest BCUT2D eigenvalue weighted by Gasteiger charge is 2.09. The van der Waals surface area contributed by atoms with E-state index < -0.39 is 0 Å². The number of hydrogen-bond donors (Lipinski definition) is 1. The number of nitrogens with zero attached hydrogens (tertiary/aromatic N) is 3. The molecule has 24 heavy (non-hydrogen) atoms. The molecule has 118 valence electrons. The van der Waals surface area contributed by atoms with Gasteiger partial charge in [0.1, 0.15) is 11.6 Å². The summed E-state index contributed by atoms with van der Waals surface area (Å²) in [7, 11) is 0. The van der Waals surface area contributed by atoms with Gasteiger partial charge in [0.05, 0.1) is 17.2 Å². The first-order valence-corrected chi connectivity index (χ1v) is 7.71. The Bertz CT molecular complexity index is 952. The van der Waals surface area contributed by atoms with E-state index in [0.717, 1.165) is 22.4 Å². The van der Waals surface area contributed by atoms with Gasteiger partial charge >= 0.3 is 0 Å². The molecule has 2 aromatic carbocycles. The van der Waals surface area contributed by atoms with Crippen LogP contribution < -0.4 is 4.74 Å². The molecule has 0 aliphatic carbocycles. The minimum atomic E-state index is 0.472. The smallest absolute Gasteiger partial charge is 0.237 e. The largest absolute Gasteiger partial charge is 0.438 e. The Morgan fingerprint density at radius 2 is 1.71 bits per heavy atom. The summed E-state index contributed by atoms with van der Waals surface area (Å²) in [5.74, 6) is 2.04. The summed E-state index contributed by atoms with van der Waals surface area (Å²) in [5.41, 5.74) is 5.48. The predicted octanol–water partition coefficient (Wildman–Crippen LogP) is 4.43. The zero-order valence-electron chi connectivity index (χ0n) is 13.4. The Morgan fingerprint density at radius 3 is 2.42 bits per heavy atom. The van der Waals surface area contributed by atoms with Crippen LogP contribution in [0.15, 0.2) is 55.0 Å². The molecule has 0 aliphatic heterocycles. The van der Waals surface area contributed by atoms with E-state index in [0.29, 0.717) is 11.6 Å². The van der Waals surface area contributed by atoms with Crippen molar-refractivity contribution < 1.29 is 4.74 Å². The van der Waals surface area contributed by atoms with Crippen molar-refractivity contribution in [2.24, 2.45) is 0 Å². The van der Waals surface area contributed by atoms with E-state index in [1.54, 1.807) is 18.6 Å². The Labute approximate surface area is 139 Å². The number of aromatic nitrogens is 4. The summed E-state index contributed by atoms with van der Waals surface area (Å²) in [5, 5.41) is 0. The monoisotopic (exact) mass is 316 g/mol. The van der Waals surface area contributed by atoms with Crippen LogP contribution in [0.4, 0.5) is 0 Å². The van der Waals surface area contributed by atoms with Gasteiger partial charge in [0, 0.05) is 18.0 Å². The number of ether oxygens (including phenoxy) is 1. The van der Waals surface area contributed by atoms with Gasteiger partial charge in [-0.3, -0.25) is 4.98 Å². The molecule has 5 nitrogen and oxygen atoms in total. The molecule has 0 saturated carbocycles. The lowest BCUT2D eigenvalue weighted by Crippen LogP contribution is -1.88. The summed E-state index contributed by atoms with van der Waals surface area (Å²) in [6.07, 6.45) is 4.79. The van der Waals surface area contributed by atoms with Crippen molar-refractivity contribution in [2.75, 3.05) is 0 Å². The van der Waals surface area contributed by atoms with Gasteiger partial charge in [0.2, 0.25) is 5.88 Å². The maximum absolute atomic E-state index is 5.66. The van der Waals surface area contributed by atoms with Gasteiger partial charge in [-0.2, -0.15) is 0 Å². The van der Waals surface area contributed by atoms with Gasteiger partial charge in [0.15, 0.2) is 0 Å². The Kier molecular flexibility index (Phi) is 3.46. The summed E-state index contributed by atoms with van der Waals surface area (Å²) in [6.45, 7) is 4.16. The van der Waals surface area contributed by atoms with Crippen molar-refractivity contribution in [3.63, 3.8) is 0 Å². The molecule has 2 heterocycles. The zero-order chi connectivity index (χ0) is 16.5. The van der Waals surface area contributed by atoms with Gasteiger partial charge in [-0.25, -0.2) is 9.97 Å². The van der Waals surface area contributed by atoms with E-state index in [4.69, 9.17) is 9.72 Å². The first-order valence-electron chi connectivity index (χ1n) is 7.71. The summed E-state index contributed by atoms with van der Waals surface area (Å²) >= 11 is 0. The Balaban J connectivity index is 1.65. The molecular weight excluding hydrogens is 300 g/mol. The van der Waals surface area contributed by atoms with Crippen molar-refractivity contribution in [1.82, 2.24) is 19.9 Å². The van der Waals surface area contributed by atoms with Gasteiger partial charge in [-0.05, 0) is 49.2 Å². The number of nitrogens with one attached hydrogen (secondary N) is 1. The molecule has 0 unspecified atom stereocenters. The molecule has 0 spiro atoms. The third-order valence-electron chi connectivity index (χ3n) is 3.94. The number of hydrogen-bond acceptors (Lipinski definition) is 4. The van der Waals surface area contributed by atoms with Gasteiger partial charge in [-0.15, -0.1) is 0 Å². The van der Waals surface area contributed by atoms with Crippen LogP contribution in [-0.2, 0) is 0 Å². The lowest BCUT2D eigenvalue weighted by molar-refractivity contribution is 0.460. The molecule has 1 N–H and O–H groups in total. The minimum absolute atomic E-state index is 0.472. The third kappa shape index (κ3) is 2.60. The zero-order valence-corrected chi connectivity index (χ0v) is 13.4. The van der Waals surface area contributed by atoms with Gasteiger partial charge < -0.3 is 9.72 Å². The SMILES string of the molecule is Cc1ccc(C)c2[nH]c(-c3ccc(Oc4cnccn4)cc3)nc12. The van der Waals surface area contributed by atoms with E-state index in [9.17, 15) is 0 Å². The molecule has 0 aliphatic rings. The van der Waals surface area contributed by atoms with E-state index in [1.165, 1.54) is 11.1 Å². The maximum atomic E-state index is 5.66. The van der Waals surface area contributed by atoms with E-state index in [1.807, 2.05) is 24.3 Å². The Morgan fingerprint density at radius 1 is 0.917 bits per heavy atom. The molecule has 0 bridgehead atoms. The summed E-state index contributed by atoms with van der Waals surface area (Å²) in [6, 6.07) is 12.0. The third-order valence-corrected chi connectivity index (χ3v) is 3.94. The van der Waals surface area contributed by atoms with Crippen molar-refractivity contribution >= 4 is 11.0 Å². The van der Waals surface area contributed by atoms with Gasteiger partial charge in [-0.1, -0.05) is 12.1 Å². The molecule has 4 aromatic rings. The summed E-state index contributed by atoms with van der Waals surface area (Å²) in [4.78, 5) is 16.2. The maximum Gasteiger partial charge on any atom is 0.237 e. The molecule has 0 radical (unpaired) electrons. The average Bonchev–Trinajstić information content (AvgIpc) is 3.07. The minimum Gasteiger partial charge on any atom is -0.438 e. The number of aromatic amines is 1. The molecular formula is C19H16N4O. The van der Waals surface area contributed by atoms with Crippen molar-refractivity contribution in [3.8, 4) is 23.0 Å². The number of fused-ring (bicyclic) bond motifs is 1. The van der Waals surface area contributed by atoms with E-state index >= 15 is 0 Å². The normalized spacial score (nSPS) is 10.9. The van der Waals surface area contributed by atoms with Crippen molar-refractivity contribution in [1.29, 1.82) is 0 Å². The second-order valence-corrected chi connectivity index (χ2v) is 5.68.